The smallest absolute Gasteiger partial charge is 0.235 e. The van der Waals surface area contributed by atoms with Gasteiger partial charge in [0.15, 0.2) is 11.4 Å². The first-order valence-electron chi connectivity index (χ1n) is 5.13. The summed E-state index contributed by atoms with van der Waals surface area (Å²) in [6.45, 7) is 0.665. The first-order valence-corrected chi connectivity index (χ1v) is 5.13. The third-order valence-electron chi connectivity index (χ3n) is 2.27. The topological polar surface area (TPSA) is 103 Å². The Morgan fingerprint density at radius 2 is 1.94 bits per heavy atom. The van der Waals surface area contributed by atoms with Crippen molar-refractivity contribution in [1.82, 2.24) is 24.8 Å². The van der Waals surface area contributed by atoms with E-state index in [0.717, 1.165) is 5.56 Å². The van der Waals surface area contributed by atoms with Gasteiger partial charge >= 0.3 is 0 Å². The lowest BCUT2D eigenvalue weighted by atomic mass is 10.3. The van der Waals surface area contributed by atoms with Gasteiger partial charge in [-0.2, -0.15) is 10.5 Å². The Bertz CT molecular complexity index is 627. The number of aromatic nitrogens is 4. The molecular formula is C11H9N7. The molecule has 0 fully saturated rings. The predicted octanol–water partition coefficient (Wildman–Crippen LogP) is 0.125. The average Bonchev–Trinajstić information content (AvgIpc) is 2.82. The van der Waals surface area contributed by atoms with Crippen LogP contribution in [0.25, 0.3) is 5.95 Å². The van der Waals surface area contributed by atoms with Crippen molar-refractivity contribution in [3.05, 3.63) is 35.7 Å². The van der Waals surface area contributed by atoms with Crippen molar-refractivity contribution < 1.29 is 0 Å². The fourth-order valence-electron chi connectivity index (χ4n) is 1.46. The second kappa shape index (κ2) is 5.04. The fraction of sp³-hybridized carbons (Fsp3) is 0.182. The van der Waals surface area contributed by atoms with Gasteiger partial charge in [0.2, 0.25) is 5.95 Å². The lowest BCUT2D eigenvalue weighted by molar-refractivity contribution is 0.797. The Hall–Kier alpha value is -2.77. The third kappa shape index (κ3) is 2.03. The monoisotopic (exact) mass is 239 g/mol. The maximum Gasteiger partial charge on any atom is 0.235 e. The van der Waals surface area contributed by atoms with Crippen LogP contribution in [0.4, 0.5) is 0 Å². The Morgan fingerprint density at radius 1 is 1.22 bits per heavy atom. The molecule has 2 aromatic rings. The maximum atomic E-state index is 8.99. The molecule has 2 aromatic heterocycles. The maximum absolute atomic E-state index is 8.99. The van der Waals surface area contributed by atoms with Gasteiger partial charge in [0.05, 0.1) is 0 Å². The minimum atomic E-state index is 0.0698. The van der Waals surface area contributed by atoms with E-state index in [0.29, 0.717) is 12.5 Å². The van der Waals surface area contributed by atoms with Crippen molar-refractivity contribution >= 4 is 0 Å². The number of imidazole rings is 1. The predicted molar refractivity (Wildman–Crippen MR) is 61.3 cm³/mol. The highest BCUT2D eigenvalue weighted by Gasteiger charge is 2.12. The molecule has 88 valence electrons. The highest BCUT2D eigenvalue weighted by atomic mass is 15.2. The van der Waals surface area contributed by atoms with Crippen molar-refractivity contribution in [2.75, 3.05) is 7.05 Å². The molecule has 0 saturated carbocycles. The first-order chi connectivity index (χ1) is 8.80. The molecule has 0 aliphatic rings. The summed E-state index contributed by atoms with van der Waals surface area (Å²) in [4.78, 5) is 12.1. The number of rotatable bonds is 3. The lowest BCUT2D eigenvalue weighted by Gasteiger charge is -2.03. The average molecular weight is 239 g/mol. The van der Waals surface area contributed by atoms with Crippen LogP contribution in [-0.2, 0) is 6.54 Å². The molecule has 2 heterocycles. The van der Waals surface area contributed by atoms with Gasteiger partial charge in [0, 0.05) is 24.5 Å². The van der Waals surface area contributed by atoms with Crippen LogP contribution in [0.5, 0.6) is 0 Å². The van der Waals surface area contributed by atoms with Gasteiger partial charge in [-0.15, -0.1) is 0 Å². The summed E-state index contributed by atoms with van der Waals surface area (Å²) in [5, 5.41) is 20.8. The molecule has 0 atom stereocenters. The summed E-state index contributed by atoms with van der Waals surface area (Å²) in [5.41, 5.74) is 1.14. The molecule has 0 unspecified atom stereocenters. The van der Waals surface area contributed by atoms with Crippen molar-refractivity contribution in [2.45, 2.75) is 6.54 Å². The summed E-state index contributed by atoms with van der Waals surface area (Å²) in [6.07, 6.45) is 4.68. The minimum absolute atomic E-state index is 0.0698. The molecular weight excluding hydrogens is 230 g/mol. The summed E-state index contributed by atoms with van der Waals surface area (Å²) < 4.78 is 1.39. The van der Waals surface area contributed by atoms with Gasteiger partial charge in [-0.3, -0.25) is 4.57 Å². The van der Waals surface area contributed by atoms with E-state index < -0.39 is 0 Å². The van der Waals surface area contributed by atoms with Crippen LogP contribution in [0.1, 0.15) is 17.0 Å². The van der Waals surface area contributed by atoms with Crippen LogP contribution in [0.3, 0.4) is 0 Å². The summed E-state index contributed by atoms with van der Waals surface area (Å²) in [6, 6.07) is 3.77. The van der Waals surface area contributed by atoms with E-state index >= 15 is 0 Å². The first kappa shape index (κ1) is 11.7. The zero-order valence-electron chi connectivity index (χ0n) is 9.62. The van der Waals surface area contributed by atoms with E-state index in [-0.39, 0.29) is 11.4 Å². The quantitative estimate of drug-likeness (QED) is 0.816. The van der Waals surface area contributed by atoms with Gasteiger partial charge < -0.3 is 5.32 Å². The molecule has 7 nitrogen and oxygen atoms in total. The standard InChI is InChI=1S/C11H9N7/c1-14-4-8-5-15-11(16-6-8)18-7-17-9(2-12)10(18)3-13/h5-7,14H,4H2,1H3. The van der Waals surface area contributed by atoms with Gasteiger partial charge in [0.25, 0.3) is 0 Å². The molecule has 0 radical (unpaired) electrons. The fourth-order valence-corrected chi connectivity index (χ4v) is 1.46. The Balaban J connectivity index is 2.41. The Morgan fingerprint density at radius 3 is 2.50 bits per heavy atom. The highest BCUT2D eigenvalue weighted by molar-refractivity contribution is 5.39. The number of nitrogens with one attached hydrogen (secondary N) is 1. The second-order valence-electron chi connectivity index (χ2n) is 3.46. The molecule has 0 spiro atoms. The largest absolute Gasteiger partial charge is 0.316 e. The lowest BCUT2D eigenvalue weighted by Crippen LogP contribution is -2.08. The van der Waals surface area contributed by atoms with E-state index in [9.17, 15) is 0 Å². The molecule has 7 heteroatoms. The van der Waals surface area contributed by atoms with Gasteiger partial charge in [-0.05, 0) is 7.05 Å². The molecule has 1 N–H and O–H groups in total. The van der Waals surface area contributed by atoms with Crippen molar-refractivity contribution in [2.24, 2.45) is 0 Å². The van der Waals surface area contributed by atoms with Crippen LogP contribution in [0.15, 0.2) is 18.7 Å². The highest BCUT2D eigenvalue weighted by Crippen LogP contribution is 2.09. The number of nitrogens with zero attached hydrogens (tertiary/aromatic N) is 6. The van der Waals surface area contributed by atoms with E-state index in [4.69, 9.17) is 10.5 Å². The van der Waals surface area contributed by atoms with Crippen LogP contribution in [0.2, 0.25) is 0 Å². The Kier molecular flexibility index (Phi) is 3.28. The zero-order valence-corrected chi connectivity index (χ0v) is 9.62. The zero-order chi connectivity index (χ0) is 13.0. The van der Waals surface area contributed by atoms with Crippen LogP contribution in [0, 0.1) is 22.7 Å². The molecule has 0 aliphatic carbocycles. The van der Waals surface area contributed by atoms with Crippen molar-refractivity contribution in [3.8, 4) is 18.1 Å². The molecule has 0 amide bonds. The van der Waals surface area contributed by atoms with Crippen molar-refractivity contribution in [3.63, 3.8) is 0 Å². The minimum Gasteiger partial charge on any atom is -0.316 e. The molecule has 2 rings (SSSR count). The SMILES string of the molecule is CNCc1cnc(-n2cnc(C#N)c2C#N)nc1. The summed E-state index contributed by atoms with van der Waals surface area (Å²) in [5.74, 6) is 0.320. The van der Waals surface area contributed by atoms with E-state index in [2.05, 4.69) is 20.3 Å². The number of hydrogen-bond donors (Lipinski definition) is 1. The molecule has 0 aromatic carbocycles. The van der Waals surface area contributed by atoms with Crippen molar-refractivity contribution in [1.29, 1.82) is 10.5 Å². The van der Waals surface area contributed by atoms with Gasteiger partial charge in [-0.25, -0.2) is 15.0 Å². The van der Waals surface area contributed by atoms with Crippen LogP contribution >= 0.6 is 0 Å². The van der Waals surface area contributed by atoms with Crippen LogP contribution < -0.4 is 5.32 Å². The van der Waals surface area contributed by atoms with Gasteiger partial charge in [-0.1, -0.05) is 0 Å². The number of hydrogen-bond acceptors (Lipinski definition) is 6. The molecule has 0 aliphatic heterocycles. The number of nitriles is 2. The Labute approximate surface area is 103 Å². The van der Waals surface area contributed by atoms with Gasteiger partial charge in [0.1, 0.15) is 18.5 Å². The normalized spacial score (nSPS) is 9.72. The molecule has 18 heavy (non-hydrogen) atoms. The summed E-state index contributed by atoms with van der Waals surface area (Å²) in [7, 11) is 1.83. The molecule has 0 saturated heterocycles. The second-order valence-corrected chi connectivity index (χ2v) is 3.46. The van der Waals surface area contributed by atoms with E-state index in [1.807, 2.05) is 19.2 Å². The third-order valence-corrected chi connectivity index (χ3v) is 2.27. The van der Waals surface area contributed by atoms with E-state index in [1.165, 1.54) is 10.9 Å². The summed E-state index contributed by atoms with van der Waals surface area (Å²) >= 11 is 0. The van der Waals surface area contributed by atoms with Crippen LogP contribution in [-0.4, -0.2) is 26.6 Å². The van der Waals surface area contributed by atoms with E-state index in [1.54, 1.807) is 12.4 Å². The molecule has 0 bridgehead atoms.